The highest BCUT2D eigenvalue weighted by molar-refractivity contribution is 6.12. The van der Waals surface area contributed by atoms with E-state index in [-0.39, 0.29) is 36.4 Å². The lowest BCUT2D eigenvalue weighted by Gasteiger charge is -2.40. The van der Waals surface area contributed by atoms with E-state index in [0.717, 1.165) is 45.2 Å². The largest absolute Gasteiger partial charge is 0.493 e. The Balaban J connectivity index is 1.57. The normalized spacial score (nSPS) is 18.2. The lowest BCUT2D eigenvalue weighted by Crippen LogP contribution is -2.33. The van der Waals surface area contributed by atoms with Gasteiger partial charge in [0.25, 0.3) is 0 Å². The number of hydrogen-bond donors (Lipinski definition) is 1. The summed E-state index contributed by atoms with van der Waals surface area (Å²) in [6.07, 6.45) is 1.35. The van der Waals surface area contributed by atoms with Crippen molar-refractivity contribution in [2.45, 2.75) is 39.7 Å². The topological polar surface area (TPSA) is 73.9 Å². The van der Waals surface area contributed by atoms with Gasteiger partial charge in [0.1, 0.15) is 13.2 Å². The minimum atomic E-state index is -0.346. The molecule has 186 valence electrons. The fraction of sp³-hybridized carbons (Fsp3) is 0.333. The molecule has 0 bridgehead atoms. The van der Waals surface area contributed by atoms with E-state index >= 15 is 0 Å². The summed E-state index contributed by atoms with van der Waals surface area (Å²) in [5, 5.41) is 5.99. The van der Waals surface area contributed by atoms with Gasteiger partial charge in [-0.3, -0.25) is 9.59 Å². The molecule has 1 aliphatic carbocycles. The minimum absolute atomic E-state index is 0.108. The van der Waals surface area contributed by atoms with Crippen LogP contribution in [0.5, 0.6) is 11.5 Å². The lowest BCUT2D eigenvalue weighted by atomic mass is 9.68. The van der Waals surface area contributed by atoms with Crippen LogP contribution >= 0.6 is 0 Å². The molecule has 1 unspecified atom stereocenters. The highest BCUT2D eigenvalue weighted by atomic mass is 16.6. The van der Waals surface area contributed by atoms with E-state index in [2.05, 4.69) is 49.5 Å². The maximum atomic E-state index is 13.6. The number of methoxy groups -OCH3 is 1. The molecule has 0 amide bonds. The molecule has 6 heteroatoms. The molecule has 1 N–H and O–H groups in total. The number of anilines is 1. The molecule has 0 radical (unpaired) electrons. The van der Waals surface area contributed by atoms with E-state index in [1.807, 2.05) is 24.3 Å². The van der Waals surface area contributed by atoms with Gasteiger partial charge in [-0.25, -0.2) is 0 Å². The van der Waals surface area contributed by atoms with Crippen LogP contribution in [-0.2, 0) is 14.3 Å². The average Bonchev–Trinajstić information content (AvgIpc) is 2.84. The summed E-state index contributed by atoms with van der Waals surface area (Å²) in [7, 11) is 1.59. The van der Waals surface area contributed by atoms with Gasteiger partial charge in [0.2, 0.25) is 0 Å². The zero-order valence-electron chi connectivity index (χ0n) is 21.1. The van der Waals surface area contributed by atoms with Crippen molar-refractivity contribution in [2.75, 3.05) is 25.6 Å². The van der Waals surface area contributed by atoms with E-state index in [9.17, 15) is 9.59 Å². The van der Waals surface area contributed by atoms with E-state index in [1.165, 1.54) is 6.92 Å². The zero-order valence-corrected chi connectivity index (χ0v) is 21.1. The Hall–Kier alpha value is -3.80. The van der Waals surface area contributed by atoms with E-state index in [0.29, 0.717) is 17.9 Å². The van der Waals surface area contributed by atoms with Gasteiger partial charge in [-0.15, -0.1) is 0 Å². The molecule has 1 heterocycles. The fourth-order valence-corrected chi connectivity index (χ4v) is 5.41. The summed E-state index contributed by atoms with van der Waals surface area (Å²) in [5.41, 5.74) is 4.96. The number of hydrogen-bond acceptors (Lipinski definition) is 6. The molecule has 5 rings (SSSR count). The monoisotopic (exact) mass is 485 g/mol. The molecule has 0 saturated carbocycles. The summed E-state index contributed by atoms with van der Waals surface area (Å²) in [4.78, 5) is 24.6. The molecule has 1 aliphatic heterocycles. The fourth-order valence-electron chi connectivity index (χ4n) is 5.41. The van der Waals surface area contributed by atoms with E-state index < -0.39 is 0 Å². The molecular formula is C30H31NO5. The third-order valence-electron chi connectivity index (χ3n) is 6.91. The van der Waals surface area contributed by atoms with E-state index in [1.54, 1.807) is 7.11 Å². The van der Waals surface area contributed by atoms with Crippen LogP contribution in [0, 0.1) is 5.41 Å². The summed E-state index contributed by atoms with van der Waals surface area (Å²) in [5.74, 6) is 0.952. The van der Waals surface area contributed by atoms with E-state index in [4.69, 9.17) is 14.2 Å². The lowest BCUT2D eigenvalue weighted by molar-refractivity contribution is -0.141. The molecule has 36 heavy (non-hydrogen) atoms. The quantitative estimate of drug-likeness (QED) is 0.336. The average molecular weight is 486 g/mol. The Morgan fingerprint density at radius 2 is 1.83 bits per heavy atom. The third kappa shape index (κ3) is 4.43. The van der Waals surface area contributed by atoms with Crippen LogP contribution in [0.25, 0.3) is 16.3 Å². The number of nitrogens with one attached hydrogen (secondary N) is 1. The predicted octanol–water partition coefficient (Wildman–Crippen LogP) is 6.10. The number of Topliss-reactive ketones (excluding diaryl/α,β-unsaturated/α-hetero) is 1. The summed E-state index contributed by atoms with van der Waals surface area (Å²) >= 11 is 0. The number of carbonyl (C=O) groups is 2. The van der Waals surface area contributed by atoms with Gasteiger partial charge < -0.3 is 19.5 Å². The van der Waals surface area contributed by atoms with Crippen molar-refractivity contribution in [3.05, 3.63) is 71.3 Å². The molecule has 1 atom stereocenters. The van der Waals surface area contributed by atoms with Crippen LogP contribution < -0.4 is 14.8 Å². The number of carbonyl (C=O) groups excluding carboxylic acids is 2. The second-order valence-corrected chi connectivity index (χ2v) is 10.2. The smallest absolute Gasteiger partial charge is 0.302 e. The van der Waals surface area contributed by atoms with Crippen molar-refractivity contribution in [3.63, 3.8) is 0 Å². The number of fused-ring (bicyclic) bond motifs is 4. The van der Waals surface area contributed by atoms with Crippen molar-refractivity contribution in [1.82, 2.24) is 0 Å². The Bertz CT molecular complexity index is 1390. The van der Waals surface area contributed by atoms with Gasteiger partial charge in [0.15, 0.2) is 17.3 Å². The van der Waals surface area contributed by atoms with Crippen molar-refractivity contribution in [2.24, 2.45) is 5.41 Å². The number of esters is 1. The van der Waals surface area contributed by atoms with Gasteiger partial charge in [0, 0.05) is 30.2 Å². The van der Waals surface area contributed by atoms with Crippen molar-refractivity contribution in [1.29, 1.82) is 0 Å². The Labute approximate surface area is 211 Å². The Morgan fingerprint density at radius 3 is 2.61 bits per heavy atom. The first kappa shape index (κ1) is 23.9. The molecule has 0 fully saturated rings. The second kappa shape index (κ2) is 9.34. The molecule has 3 aromatic carbocycles. The number of allylic oxidation sites excluding steroid dienone is 1. The Morgan fingerprint density at radius 1 is 1.03 bits per heavy atom. The highest BCUT2D eigenvalue weighted by Gasteiger charge is 2.41. The molecular weight excluding hydrogens is 454 g/mol. The summed E-state index contributed by atoms with van der Waals surface area (Å²) < 4.78 is 16.3. The first-order valence-electron chi connectivity index (χ1n) is 12.3. The summed E-state index contributed by atoms with van der Waals surface area (Å²) in [6, 6.07) is 18.0. The zero-order chi connectivity index (χ0) is 25.4. The second-order valence-electron chi connectivity index (χ2n) is 10.2. The number of ketones is 1. The van der Waals surface area contributed by atoms with Crippen molar-refractivity contribution >= 4 is 33.8 Å². The number of benzene rings is 3. The SMILES string of the molecule is COc1cc(C2Nc3ccc4ccccc4c3C3=C2C(=O)CC(C)(C)C3)ccc1OCCOC(C)=O. The summed E-state index contributed by atoms with van der Waals surface area (Å²) in [6.45, 7) is 6.09. The number of ether oxygens (including phenoxy) is 3. The van der Waals surface area contributed by atoms with Crippen molar-refractivity contribution in [3.8, 4) is 11.5 Å². The first-order valence-corrected chi connectivity index (χ1v) is 12.3. The van der Waals surface area contributed by atoms with Crippen LogP contribution in [0.1, 0.15) is 50.8 Å². The van der Waals surface area contributed by atoms with Crippen LogP contribution in [-0.4, -0.2) is 32.1 Å². The number of rotatable bonds is 6. The Kier molecular flexibility index (Phi) is 6.20. The third-order valence-corrected chi connectivity index (χ3v) is 6.91. The minimum Gasteiger partial charge on any atom is -0.493 e. The first-order chi connectivity index (χ1) is 17.3. The van der Waals surface area contributed by atoms with Crippen LogP contribution in [0.2, 0.25) is 0 Å². The van der Waals surface area contributed by atoms with Gasteiger partial charge in [0.05, 0.1) is 13.2 Å². The van der Waals surface area contributed by atoms with Crippen LogP contribution in [0.3, 0.4) is 0 Å². The maximum Gasteiger partial charge on any atom is 0.302 e. The van der Waals surface area contributed by atoms with Crippen LogP contribution in [0.15, 0.2) is 60.2 Å². The van der Waals surface area contributed by atoms with Crippen molar-refractivity contribution < 1.29 is 23.8 Å². The molecule has 0 aromatic heterocycles. The molecule has 3 aromatic rings. The van der Waals surface area contributed by atoms with Gasteiger partial charge in [-0.1, -0.05) is 50.2 Å². The van der Waals surface area contributed by atoms with Gasteiger partial charge in [-0.05, 0) is 51.9 Å². The molecule has 0 spiro atoms. The van der Waals surface area contributed by atoms with Crippen LogP contribution in [0.4, 0.5) is 5.69 Å². The standard InChI is InChI=1S/C30H31NO5/c1-18(32)35-13-14-36-25-12-10-20(15-26(25)34-4)29-28-22(16-30(2,3)17-24(28)33)27-21-8-6-5-7-19(21)9-11-23(27)31-29/h5-12,15,29,31H,13-14,16-17H2,1-4H3. The molecule has 0 saturated heterocycles. The predicted molar refractivity (Wildman–Crippen MR) is 140 cm³/mol. The molecule has 6 nitrogen and oxygen atoms in total. The maximum absolute atomic E-state index is 13.6. The van der Waals surface area contributed by atoms with Gasteiger partial charge >= 0.3 is 5.97 Å². The molecule has 2 aliphatic rings. The highest BCUT2D eigenvalue weighted by Crippen LogP contribution is 2.52. The van der Waals surface area contributed by atoms with Gasteiger partial charge in [-0.2, -0.15) is 0 Å².